The molecular formula is C6H10N2O2. The molecule has 0 atom stereocenters. The van der Waals surface area contributed by atoms with Gasteiger partial charge in [-0.05, 0) is 0 Å². The summed E-state index contributed by atoms with van der Waals surface area (Å²) in [6.07, 6.45) is 0. The minimum atomic E-state index is -0.190. The molecule has 0 saturated heterocycles. The Labute approximate surface area is 59.2 Å². The van der Waals surface area contributed by atoms with Gasteiger partial charge in [-0.2, -0.15) is 0 Å². The van der Waals surface area contributed by atoms with E-state index in [4.69, 9.17) is 4.74 Å². The number of hydrogen-bond acceptors (Lipinski definition) is 3. The smallest absolute Gasteiger partial charge is 0.278 e. The summed E-state index contributed by atoms with van der Waals surface area (Å²) in [5, 5.41) is 3.70. The predicted molar refractivity (Wildman–Crippen MR) is 36.4 cm³/mol. The normalized spacial score (nSPS) is 17.9. The highest BCUT2D eigenvalue weighted by Crippen LogP contribution is 2.00. The zero-order chi connectivity index (χ0) is 7.56. The molecule has 0 saturated carbocycles. The molecule has 1 rings (SSSR count). The van der Waals surface area contributed by atoms with Crippen molar-refractivity contribution >= 4 is 11.8 Å². The molecule has 4 nitrogen and oxygen atoms in total. The average Bonchev–Trinajstić information content (AvgIpc) is 1.88. The maximum atomic E-state index is 10.5. The number of carbonyl (C=O) groups is 1. The van der Waals surface area contributed by atoms with Gasteiger partial charge in [-0.15, -0.1) is 5.10 Å². The third-order valence-electron chi connectivity index (χ3n) is 1.14. The van der Waals surface area contributed by atoms with Crippen LogP contribution in [0, 0.1) is 5.92 Å². The molecule has 1 aliphatic rings. The molecule has 0 unspecified atom stereocenters. The van der Waals surface area contributed by atoms with E-state index >= 15 is 0 Å². The summed E-state index contributed by atoms with van der Waals surface area (Å²) in [5.74, 6) is 0.643. The van der Waals surface area contributed by atoms with Gasteiger partial charge in [-0.1, -0.05) is 13.8 Å². The maximum Gasteiger partial charge on any atom is 0.278 e. The summed E-state index contributed by atoms with van der Waals surface area (Å²) in [6.45, 7) is 4.00. The Morgan fingerprint density at radius 2 is 2.40 bits per heavy atom. The summed E-state index contributed by atoms with van der Waals surface area (Å²) in [4.78, 5) is 10.5. The summed E-state index contributed by atoms with van der Waals surface area (Å²) >= 11 is 0. The van der Waals surface area contributed by atoms with E-state index < -0.39 is 0 Å². The first-order valence-corrected chi connectivity index (χ1v) is 3.19. The van der Waals surface area contributed by atoms with E-state index in [-0.39, 0.29) is 18.4 Å². The van der Waals surface area contributed by atoms with Gasteiger partial charge in [0.15, 0.2) is 6.61 Å². The van der Waals surface area contributed by atoms with Crippen molar-refractivity contribution < 1.29 is 9.53 Å². The van der Waals surface area contributed by atoms with Crippen molar-refractivity contribution in [3.8, 4) is 0 Å². The third-order valence-corrected chi connectivity index (χ3v) is 1.14. The quantitative estimate of drug-likeness (QED) is 0.564. The molecule has 1 amide bonds. The SMILES string of the molecule is CC(C)C1=NNC(=O)CO1. The topological polar surface area (TPSA) is 50.7 Å². The van der Waals surface area contributed by atoms with Crippen LogP contribution in [0.2, 0.25) is 0 Å². The second-order valence-electron chi connectivity index (χ2n) is 2.43. The number of hydrogen-bond donors (Lipinski definition) is 1. The standard InChI is InChI=1S/C6H10N2O2/c1-4(2)6-8-7-5(9)3-10-6/h4H,3H2,1-2H3,(H,7,9). The predicted octanol–water partition coefficient (Wildman–Crippen LogP) is 0.102. The lowest BCUT2D eigenvalue weighted by atomic mass is 10.2. The van der Waals surface area contributed by atoms with Crippen LogP contribution in [0.15, 0.2) is 5.10 Å². The molecule has 56 valence electrons. The van der Waals surface area contributed by atoms with E-state index in [1.807, 2.05) is 13.8 Å². The summed E-state index contributed by atoms with van der Waals surface area (Å²) < 4.78 is 4.99. The second kappa shape index (κ2) is 2.68. The van der Waals surface area contributed by atoms with Gasteiger partial charge in [0.05, 0.1) is 0 Å². The van der Waals surface area contributed by atoms with Crippen molar-refractivity contribution in [2.24, 2.45) is 11.0 Å². The van der Waals surface area contributed by atoms with E-state index in [1.165, 1.54) is 0 Å². The lowest BCUT2D eigenvalue weighted by Crippen LogP contribution is -2.33. The van der Waals surface area contributed by atoms with Gasteiger partial charge < -0.3 is 4.74 Å². The molecule has 10 heavy (non-hydrogen) atoms. The number of carbonyl (C=O) groups excluding carboxylic acids is 1. The first kappa shape index (κ1) is 7.05. The van der Waals surface area contributed by atoms with E-state index in [0.717, 1.165) is 0 Å². The van der Waals surface area contributed by atoms with Crippen molar-refractivity contribution in [3.05, 3.63) is 0 Å². The zero-order valence-corrected chi connectivity index (χ0v) is 6.05. The first-order valence-electron chi connectivity index (χ1n) is 3.19. The Morgan fingerprint density at radius 3 is 2.80 bits per heavy atom. The molecule has 0 fully saturated rings. The van der Waals surface area contributed by atoms with Crippen molar-refractivity contribution in [1.29, 1.82) is 0 Å². The van der Waals surface area contributed by atoms with Crippen molar-refractivity contribution in [2.45, 2.75) is 13.8 Å². The van der Waals surface area contributed by atoms with Gasteiger partial charge in [0.2, 0.25) is 5.90 Å². The van der Waals surface area contributed by atoms with Crippen molar-refractivity contribution in [3.63, 3.8) is 0 Å². The van der Waals surface area contributed by atoms with Crippen LogP contribution in [0.4, 0.5) is 0 Å². The van der Waals surface area contributed by atoms with Crippen LogP contribution >= 0.6 is 0 Å². The van der Waals surface area contributed by atoms with Gasteiger partial charge in [0, 0.05) is 5.92 Å². The highest BCUT2D eigenvalue weighted by Gasteiger charge is 2.14. The van der Waals surface area contributed by atoms with Crippen LogP contribution in [-0.2, 0) is 9.53 Å². The Hall–Kier alpha value is -1.06. The molecule has 0 radical (unpaired) electrons. The van der Waals surface area contributed by atoms with Crippen molar-refractivity contribution in [2.75, 3.05) is 6.61 Å². The third kappa shape index (κ3) is 1.46. The molecule has 4 heteroatoms. The molecule has 1 N–H and O–H groups in total. The van der Waals surface area contributed by atoms with Crippen LogP contribution in [0.1, 0.15) is 13.8 Å². The molecule has 0 aromatic heterocycles. The second-order valence-corrected chi connectivity index (χ2v) is 2.43. The molecule has 0 bridgehead atoms. The monoisotopic (exact) mass is 142 g/mol. The molecule has 1 heterocycles. The van der Waals surface area contributed by atoms with Crippen LogP contribution in [0.25, 0.3) is 0 Å². The highest BCUT2D eigenvalue weighted by atomic mass is 16.5. The lowest BCUT2D eigenvalue weighted by Gasteiger charge is -2.15. The number of nitrogens with one attached hydrogen (secondary N) is 1. The Balaban J connectivity index is 2.56. The van der Waals surface area contributed by atoms with Crippen LogP contribution in [-0.4, -0.2) is 18.4 Å². The fraction of sp³-hybridized carbons (Fsp3) is 0.667. The molecular weight excluding hydrogens is 132 g/mol. The minimum absolute atomic E-state index is 0.0943. The molecule has 0 aromatic carbocycles. The number of ether oxygens (including phenoxy) is 1. The van der Waals surface area contributed by atoms with Gasteiger partial charge in [-0.3, -0.25) is 4.79 Å². The zero-order valence-electron chi connectivity index (χ0n) is 6.05. The fourth-order valence-electron chi connectivity index (χ4n) is 0.617. The van der Waals surface area contributed by atoms with Gasteiger partial charge in [0.25, 0.3) is 5.91 Å². The summed E-state index contributed by atoms with van der Waals surface area (Å²) in [6, 6.07) is 0. The largest absolute Gasteiger partial charge is 0.469 e. The Kier molecular flexibility index (Phi) is 1.89. The lowest BCUT2D eigenvalue weighted by molar-refractivity contribution is -0.124. The Morgan fingerprint density at radius 1 is 1.70 bits per heavy atom. The van der Waals surface area contributed by atoms with E-state index in [0.29, 0.717) is 5.90 Å². The number of hydrazone groups is 1. The number of nitrogens with zero attached hydrogens (tertiary/aromatic N) is 1. The van der Waals surface area contributed by atoms with Crippen molar-refractivity contribution in [1.82, 2.24) is 5.43 Å². The molecule has 0 spiro atoms. The van der Waals surface area contributed by atoms with E-state index in [9.17, 15) is 4.79 Å². The summed E-state index contributed by atoms with van der Waals surface area (Å²) in [5.41, 5.74) is 2.34. The van der Waals surface area contributed by atoms with Crippen LogP contribution in [0.3, 0.4) is 0 Å². The maximum absolute atomic E-state index is 10.5. The van der Waals surface area contributed by atoms with Gasteiger partial charge >= 0.3 is 0 Å². The minimum Gasteiger partial charge on any atom is -0.469 e. The van der Waals surface area contributed by atoms with E-state index in [1.54, 1.807) is 0 Å². The average molecular weight is 142 g/mol. The molecule has 1 aliphatic heterocycles. The van der Waals surface area contributed by atoms with Gasteiger partial charge in [0.1, 0.15) is 0 Å². The summed E-state index contributed by atoms with van der Waals surface area (Å²) in [7, 11) is 0. The molecule has 0 aliphatic carbocycles. The number of amides is 1. The fourth-order valence-corrected chi connectivity index (χ4v) is 0.617. The molecule has 0 aromatic rings. The van der Waals surface area contributed by atoms with Crippen LogP contribution < -0.4 is 5.43 Å². The van der Waals surface area contributed by atoms with Gasteiger partial charge in [-0.25, -0.2) is 5.43 Å². The number of rotatable bonds is 1. The van der Waals surface area contributed by atoms with Crippen LogP contribution in [0.5, 0.6) is 0 Å². The highest BCUT2D eigenvalue weighted by molar-refractivity contribution is 5.87. The first-order chi connectivity index (χ1) is 4.70. The van der Waals surface area contributed by atoms with E-state index in [2.05, 4.69) is 10.5 Å². The Bertz CT molecular complexity index is 175.